The van der Waals surface area contributed by atoms with Crippen LogP contribution in [-0.4, -0.2) is 30.4 Å². The fraction of sp³-hybridized carbons (Fsp3) is 0.154. The maximum atomic E-state index is 13.4. The molecule has 4 rings (SSSR count). The number of hydrogen-bond donors (Lipinski definition) is 0. The summed E-state index contributed by atoms with van der Waals surface area (Å²) < 4.78 is 7.46. The van der Waals surface area contributed by atoms with Gasteiger partial charge in [-0.1, -0.05) is 31.2 Å². The fourth-order valence-electron chi connectivity index (χ4n) is 3.57. The van der Waals surface area contributed by atoms with Gasteiger partial charge in [0.25, 0.3) is 0 Å². The van der Waals surface area contributed by atoms with E-state index in [0.717, 1.165) is 22.3 Å². The van der Waals surface area contributed by atoms with Gasteiger partial charge >= 0.3 is 5.97 Å². The third kappa shape index (κ3) is 3.94. The zero-order valence-corrected chi connectivity index (χ0v) is 17.8. The van der Waals surface area contributed by atoms with Crippen LogP contribution in [0.25, 0.3) is 16.6 Å². The number of ether oxygens (including phenoxy) is 1. The van der Waals surface area contributed by atoms with Crippen molar-refractivity contribution < 1.29 is 14.3 Å². The lowest BCUT2D eigenvalue weighted by Crippen LogP contribution is -2.10. The van der Waals surface area contributed by atoms with Crippen molar-refractivity contribution in [3.05, 3.63) is 90.1 Å². The Kier molecular flexibility index (Phi) is 5.58. The Bertz CT molecular complexity index is 1250. The molecule has 5 nitrogen and oxygen atoms in total. The summed E-state index contributed by atoms with van der Waals surface area (Å²) in [6.45, 7) is 1.76. The van der Waals surface area contributed by atoms with E-state index < -0.39 is 0 Å². The first-order valence-corrected chi connectivity index (χ1v) is 10.2. The van der Waals surface area contributed by atoms with Crippen LogP contribution in [0.5, 0.6) is 5.75 Å². The van der Waals surface area contributed by atoms with Crippen LogP contribution in [0.2, 0.25) is 0 Å². The molecule has 156 valence electrons. The molecule has 4 aromatic rings. The van der Waals surface area contributed by atoms with Crippen LogP contribution >= 0.6 is 0 Å². The average molecular weight is 412 g/mol. The quantitative estimate of drug-likeness (QED) is 0.321. The van der Waals surface area contributed by atoms with Gasteiger partial charge < -0.3 is 14.2 Å². The van der Waals surface area contributed by atoms with Crippen molar-refractivity contribution in [3.63, 3.8) is 0 Å². The van der Waals surface area contributed by atoms with Gasteiger partial charge in [-0.2, -0.15) is 0 Å². The van der Waals surface area contributed by atoms with Crippen molar-refractivity contribution in [2.45, 2.75) is 13.3 Å². The molecule has 0 fully saturated rings. The van der Waals surface area contributed by atoms with E-state index in [1.54, 1.807) is 13.1 Å². The third-order valence-corrected chi connectivity index (χ3v) is 5.24. The zero-order chi connectivity index (χ0) is 22.0. The molecular formula is C26H24N2O3. The molecule has 0 aliphatic heterocycles. The van der Waals surface area contributed by atoms with E-state index in [1.807, 2.05) is 96.4 Å². The molecule has 0 spiro atoms. The second-order valence-corrected chi connectivity index (χ2v) is 7.50. The van der Waals surface area contributed by atoms with Gasteiger partial charge in [0.15, 0.2) is 11.5 Å². The predicted octanol–water partition coefficient (Wildman–Crippen LogP) is 5.24. The summed E-state index contributed by atoms with van der Waals surface area (Å²) in [6.07, 6.45) is 2.07. The lowest BCUT2D eigenvalue weighted by molar-refractivity contribution is -0.133. The first-order valence-electron chi connectivity index (χ1n) is 10.2. The Morgan fingerprint density at radius 1 is 0.903 bits per heavy atom. The average Bonchev–Trinajstić information content (AvgIpc) is 3.16. The molecule has 1 heterocycles. The minimum Gasteiger partial charge on any atom is -0.424 e. The highest BCUT2D eigenvalue weighted by atomic mass is 16.5. The molecule has 31 heavy (non-hydrogen) atoms. The smallest absolute Gasteiger partial charge is 0.310 e. The van der Waals surface area contributed by atoms with Crippen molar-refractivity contribution in [2.75, 3.05) is 19.0 Å². The number of aromatic nitrogens is 1. The number of rotatable bonds is 6. The van der Waals surface area contributed by atoms with Crippen LogP contribution in [0.15, 0.2) is 79.0 Å². The molecule has 0 amide bonds. The SMILES string of the molecule is CCC(=O)Oc1cn(-c2ccccc2C(=O)c2ccc(N(C)C)cc2)c2ccccc12. The van der Waals surface area contributed by atoms with E-state index in [1.165, 1.54) is 0 Å². The molecule has 1 aromatic heterocycles. The topological polar surface area (TPSA) is 51.5 Å². The number of nitrogens with zero attached hydrogens (tertiary/aromatic N) is 2. The maximum Gasteiger partial charge on any atom is 0.310 e. The summed E-state index contributed by atoms with van der Waals surface area (Å²) >= 11 is 0. The molecule has 0 radical (unpaired) electrons. The predicted molar refractivity (Wildman–Crippen MR) is 123 cm³/mol. The van der Waals surface area contributed by atoms with E-state index in [0.29, 0.717) is 16.9 Å². The summed E-state index contributed by atoms with van der Waals surface area (Å²) in [4.78, 5) is 27.3. The van der Waals surface area contributed by atoms with Crippen LogP contribution in [0, 0.1) is 0 Å². The first-order chi connectivity index (χ1) is 15.0. The van der Waals surface area contributed by atoms with Crippen molar-refractivity contribution in [1.82, 2.24) is 4.57 Å². The normalized spacial score (nSPS) is 10.8. The Morgan fingerprint density at radius 2 is 1.58 bits per heavy atom. The summed E-state index contributed by atoms with van der Waals surface area (Å²) in [5.74, 6) is 0.124. The second kappa shape index (κ2) is 8.48. The number of benzene rings is 3. The van der Waals surface area contributed by atoms with Gasteiger partial charge in [-0.15, -0.1) is 0 Å². The molecule has 3 aromatic carbocycles. The number of carbonyl (C=O) groups excluding carboxylic acids is 2. The Balaban J connectivity index is 1.81. The van der Waals surface area contributed by atoms with Crippen LogP contribution in [-0.2, 0) is 4.79 Å². The van der Waals surface area contributed by atoms with E-state index in [9.17, 15) is 9.59 Å². The minimum absolute atomic E-state index is 0.0641. The van der Waals surface area contributed by atoms with Gasteiger partial charge in [-0.3, -0.25) is 9.59 Å². The largest absolute Gasteiger partial charge is 0.424 e. The van der Waals surface area contributed by atoms with Crippen molar-refractivity contribution in [3.8, 4) is 11.4 Å². The fourth-order valence-corrected chi connectivity index (χ4v) is 3.57. The number of anilines is 1. The summed E-state index contributed by atoms with van der Waals surface area (Å²) in [6, 6.07) is 22.7. The van der Waals surface area contributed by atoms with E-state index >= 15 is 0 Å². The molecule has 0 aliphatic rings. The zero-order valence-electron chi connectivity index (χ0n) is 17.8. The molecule has 0 atom stereocenters. The molecule has 5 heteroatoms. The van der Waals surface area contributed by atoms with Gasteiger partial charge in [0.1, 0.15) is 0 Å². The van der Waals surface area contributed by atoms with Crippen LogP contribution in [0.3, 0.4) is 0 Å². The molecule has 0 aliphatic carbocycles. The van der Waals surface area contributed by atoms with Crippen LogP contribution in [0.4, 0.5) is 5.69 Å². The lowest BCUT2D eigenvalue weighted by Gasteiger charge is -2.14. The number of hydrogen-bond acceptors (Lipinski definition) is 4. The highest BCUT2D eigenvalue weighted by Gasteiger charge is 2.19. The van der Waals surface area contributed by atoms with Crippen molar-refractivity contribution >= 4 is 28.3 Å². The lowest BCUT2D eigenvalue weighted by atomic mass is 10.0. The molecule has 0 saturated carbocycles. The molecular weight excluding hydrogens is 388 g/mol. The Hall–Kier alpha value is -3.86. The Morgan fingerprint density at radius 3 is 2.29 bits per heavy atom. The van der Waals surface area contributed by atoms with Crippen LogP contribution < -0.4 is 9.64 Å². The summed E-state index contributed by atoms with van der Waals surface area (Å²) in [5.41, 5.74) is 3.83. The maximum absolute atomic E-state index is 13.4. The van der Waals surface area contributed by atoms with Crippen molar-refractivity contribution in [2.24, 2.45) is 0 Å². The number of fused-ring (bicyclic) bond motifs is 1. The van der Waals surface area contributed by atoms with Gasteiger partial charge in [0, 0.05) is 42.7 Å². The monoisotopic (exact) mass is 412 g/mol. The Labute approximate surface area is 181 Å². The number of ketones is 1. The highest BCUT2D eigenvalue weighted by Crippen LogP contribution is 2.32. The standard InChI is InChI=1S/C26H24N2O3/c1-4-25(29)31-24-17-28(22-11-7-5-9-20(22)24)23-12-8-6-10-21(23)26(30)18-13-15-19(16-14-18)27(2)3/h5-17H,4H2,1-3H3. The molecule has 0 saturated heterocycles. The molecule has 0 N–H and O–H groups in total. The van der Waals surface area contributed by atoms with Crippen LogP contribution in [0.1, 0.15) is 29.3 Å². The van der Waals surface area contributed by atoms with Crippen molar-refractivity contribution in [1.29, 1.82) is 0 Å². The number of carbonyl (C=O) groups is 2. The van der Waals surface area contributed by atoms with E-state index in [2.05, 4.69) is 0 Å². The summed E-state index contributed by atoms with van der Waals surface area (Å²) in [5, 5.41) is 0.821. The third-order valence-electron chi connectivity index (χ3n) is 5.24. The molecule has 0 bridgehead atoms. The van der Waals surface area contributed by atoms with E-state index in [4.69, 9.17) is 4.74 Å². The molecule has 0 unspecified atom stereocenters. The van der Waals surface area contributed by atoms with Gasteiger partial charge in [-0.05, 0) is 48.5 Å². The van der Waals surface area contributed by atoms with Gasteiger partial charge in [0.05, 0.1) is 17.4 Å². The highest BCUT2D eigenvalue weighted by molar-refractivity contribution is 6.11. The summed E-state index contributed by atoms with van der Waals surface area (Å²) in [7, 11) is 3.93. The number of esters is 1. The number of para-hydroxylation sites is 2. The van der Waals surface area contributed by atoms with E-state index in [-0.39, 0.29) is 18.2 Å². The minimum atomic E-state index is -0.298. The second-order valence-electron chi connectivity index (χ2n) is 7.50. The van der Waals surface area contributed by atoms with Gasteiger partial charge in [-0.25, -0.2) is 0 Å². The first kappa shape index (κ1) is 20.4. The van der Waals surface area contributed by atoms with Gasteiger partial charge in [0.2, 0.25) is 0 Å².